The van der Waals surface area contributed by atoms with Gasteiger partial charge in [0.1, 0.15) is 0 Å². The second-order valence-electron chi connectivity index (χ2n) is 9.94. The summed E-state index contributed by atoms with van der Waals surface area (Å²) in [6.45, 7) is 7.30. The van der Waals surface area contributed by atoms with Gasteiger partial charge in [-0.15, -0.1) is 0 Å². The Balaban J connectivity index is 1.46. The lowest BCUT2D eigenvalue weighted by Crippen LogP contribution is -2.39. The van der Waals surface area contributed by atoms with Crippen LogP contribution < -0.4 is 9.47 Å². The van der Waals surface area contributed by atoms with Gasteiger partial charge in [-0.2, -0.15) is 13.2 Å². The number of likely N-dealkylation sites (tertiary alicyclic amines) is 1. The van der Waals surface area contributed by atoms with E-state index in [1.165, 1.54) is 12.1 Å². The first kappa shape index (κ1) is 26.6. The fourth-order valence-corrected chi connectivity index (χ4v) is 5.17. The quantitative estimate of drug-likeness (QED) is 0.444. The molecule has 0 radical (unpaired) electrons. The Kier molecular flexibility index (Phi) is 8.35. The van der Waals surface area contributed by atoms with Gasteiger partial charge in [0.05, 0.1) is 29.7 Å². The summed E-state index contributed by atoms with van der Waals surface area (Å²) in [4.78, 5) is 17.3. The van der Waals surface area contributed by atoms with E-state index >= 15 is 0 Å². The number of hydrogen-bond donors (Lipinski definition) is 0. The van der Waals surface area contributed by atoms with Crippen LogP contribution in [0, 0.1) is 11.8 Å². The maximum atomic E-state index is 13.6. The van der Waals surface area contributed by atoms with Crippen molar-refractivity contribution in [1.29, 1.82) is 0 Å². The molecule has 0 N–H and O–H groups in total. The molecule has 0 aromatic heterocycles. The minimum atomic E-state index is -4.40. The normalized spacial score (nSPS) is 18.4. The summed E-state index contributed by atoms with van der Waals surface area (Å²) in [5.74, 6) is 1.12. The maximum Gasteiger partial charge on any atom is 0.416 e. The van der Waals surface area contributed by atoms with Crippen molar-refractivity contribution in [2.45, 2.75) is 46.0 Å². The SMILES string of the molecule is CC(C)CN(Cc1cc(Cl)c2c(c1)OCCCO2)C(=O)[C@@H]1CCN(Cc2ccccc2C(F)(F)F)C1. The maximum absolute atomic E-state index is 13.6. The predicted octanol–water partition coefficient (Wildman–Crippen LogP) is 6.03. The van der Waals surface area contributed by atoms with Gasteiger partial charge in [-0.1, -0.05) is 43.6 Å². The van der Waals surface area contributed by atoms with Crippen LogP contribution in [0.15, 0.2) is 36.4 Å². The van der Waals surface area contributed by atoms with Gasteiger partial charge in [-0.05, 0) is 48.2 Å². The highest BCUT2D eigenvalue weighted by Crippen LogP contribution is 2.38. The van der Waals surface area contributed by atoms with Crippen LogP contribution in [0.25, 0.3) is 0 Å². The van der Waals surface area contributed by atoms with E-state index in [0.29, 0.717) is 62.3 Å². The molecule has 2 heterocycles. The lowest BCUT2D eigenvalue weighted by Gasteiger charge is -2.28. The molecule has 0 unspecified atom stereocenters. The van der Waals surface area contributed by atoms with Crippen molar-refractivity contribution in [3.63, 3.8) is 0 Å². The molecule has 4 rings (SSSR count). The molecule has 0 spiro atoms. The van der Waals surface area contributed by atoms with E-state index < -0.39 is 11.7 Å². The number of rotatable bonds is 7. The molecule has 0 saturated carbocycles. The van der Waals surface area contributed by atoms with Crippen LogP contribution in [0.5, 0.6) is 11.5 Å². The molecule has 9 heteroatoms. The van der Waals surface area contributed by atoms with Gasteiger partial charge in [0.15, 0.2) is 11.5 Å². The van der Waals surface area contributed by atoms with E-state index in [1.807, 2.05) is 21.9 Å². The molecular formula is C27H32ClF3N2O3. The molecule has 2 aromatic rings. The molecule has 0 aliphatic carbocycles. The molecule has 1 atom stereocenters. The van der Waals surface area contributed by atoms with E-state index in [-0.39, 0.29) is 29.9 Å². The van der Waals surface area contributed by atoms with Crippen LogP contribution in [0.4, 0.5) is 13.2 Å². The van der Waals surface area contributed by atoms with Gasteiger partial charge in [0.2, 0.25) is 5.91 Å². The zero-order valence-corrected chi connectivity index (χ0v) is 21.4. The molecule has 1 fully saturated rings. The van der Waals surface area contributed by atoms with Crippen molar-refractivity contribution < 1.29 is 27.4 Å². The molecule has 2 aliphatic rings. The first-order valence-electron chi connectivity index (χ1n) is 12.4. The third kappa shape index (κ3) is 6.45. The molecule has 2 aromatic carbocycles. The van der Waals surface area contributed by atoms with Crippen molar-refractivity contribution in [3.05, 3.63) is 58.1 Å². The van der Waals surface area contributed by atoms with Gasteiger partial charge in [0.25, 0.3) is 0 Å². The molecule has 196 valence electrons. The Bertz CT molecular complexity index is 1080. The van der Waals surface area contributed by atoms with Gasteiger partial charge >= 0.3 is 6.18 Å². The molecule has 2 aliphatic heterocycles. The van der Waals surface area contributed by atoms with Crippen molar-refractivity contribution in [3.8, 4) is 11.5 Å². The minimum absolute atomic E-state index is 0.0125. The Morgan fingerprint density at radius 3 is 2.69 bits per heavy atom. The van der Waals surface area contributed by atoms with E-state index in [1.54, 1.807) is 6.07 Å². The number of hydrogen-bond acceptors (Lipinski definition) is 4. The summed E-state index contributed by atoms with van der Waals surface area (Å²) in [5, 5.41) is 0.455. The average Bonchev–Trinajstić information content (AvgIpc) is 3.13. The number of ether oxygens (including phenoxy) is 2. The van der Waals surface area contributed by atoms with E-state index in [2.05, 4.69) is 13.8 Å². The standard InChI is InChI=1S/C27H32ClF3N2O3/c1-18(2)14-33(15-19-12-23(28)25-24(13-19)35-10-5-11-36-25)26(34)21-8-9-32(17-21)16-20-6-3-4-7-22(20)27(29,30)31/h3-4,6-7,12-13,18,21H,5,8-11,14-17H2,1-2H3/t21-/m1/s1. The van der Waals surface area contributed by atoms with Crippen LogP contribution in [-0.2, 0) is 24.1 Å². The van der Waals surface area contributed by atoms with Crippen molar-refractivity contribution in [1.82, 2.24) is 9.80 Å². The number of fused-ring (bicyclic) bond motifs is 1. The smallest absolute Gasteiger partial charge is 0.416 e. The molecule has 36 heavy (non-hydrogen) atoms. The van der Waals surface area contributed by atoms with Gasteiger partial charge < -0.3 is 14.4 Å². The number of benzene rings is 2. The van der Waals surface area contributed by atoms with E-state index in [4.69, 9.17) is 21.1 Å². The Morgan fingerprint density at radius 1 is 1.19 bits per heavy atom. The lowest BCUT2D eigenvalue weighted by atomic mass is 10.0. The molecule has 1 amide bonds. The summed E-state index contributed by atoms with van der Waals surface area (Å²) < 4.78 is 51.7. The van der Waals surface area contributed by atoms with E-state index in [0.717, 1.165) is 18.1 Å². The zero-order valence-electron chi connectivity index (χ0n) is 20.6. The highest BCUT2D eigenvalue weighted by molar-refractivity contribution is 6.32. The molecule has 0 bridgehead atoms. The predicted molar refractivity (Wildman–Crippen MR) is 132 cm³/mol. The third-order valence-electron chi connectivity index (χ3n) is 6.47. The molecule has 5 nitrogen and oxygen atoms in total. The second kappa shape index (κ2) is 11.3. The Hall–Kier alpha value is -2.45. The fourth-order valence-electron chi connectivity index (χ4n) is 4.88. The van der Waals surface area contributed by atoms with Crippen LogP contribution in [-0.4, -0.2) is 48.6 Å². The summed E-state index contributed by atoms with van der Waals surface area (Å²) in [7, 11) is 0. The Labute approximate surface area is 215 Å². The van der Waals surface area contributed by atoms with Crippen LogP contribution in [0.1, 0.15) is 43.4 Å². The highest BCUT2D eigenvalue weighted by Gasteiger charge is 2.36. The van der Waals surface area contributed by atoms with Crippen molar-refractivity contribution in [2.24, 2.45) is 11.8 Å². The van der Waals surface area contributed by atoms with Gasteiger partial charge in [-0.3, -0.25) is 9.69 Å². The number of amides is 1. The lowest BCUT2D eigenvalue weighted by molar-refractivity contribution is -0.139. The van der Waals surface area contributed by atoms with Crippen LogP contribution in [0.3, 0.4) is 0 Å². The number of halogens is 4. The number of alkyl halides is 3. The topological polar surface area (TPSA) is 42.0 Å². The summed E-state index contributed by atoms with van der Waals surface area (Å²) in [6.07, 6.45) is -3.02. The zero-order chi connectivity index (χ0) is 25.9. The van der Waals surface area contributed by atoms with Crippen molar-refractivity contribution >= 4 is 17.5 Å². The minimum Gasteiger partial charge on any atom is -0.489 e. The summed E-state index contributed by atoms with van der Waals surface area (Å²) in [5.41, 5.74) is 0.471. The Morgan fingerprint density at radius 2 is 1.94 bits per heavy atom. The van der Waals surface area contributed by atoms with Crippen molar-refractivity contribution in [2.75, 3.05) is 32.8 Å². The van der Waals surface area contributed by atoms with Crippen LogP contribution >= 0.6 is 11.6 Å². The highest BCUT2D eigenvalue weighted by atomic mass is 35.5. The van der Waals surface area contributed by atoms with E-state index in [9.17, 15) is 18.0 Å². The van der Waals surface area contributed by atoms with Crippen LogP contribution in [0.2, 0.25) is 5.02 Å². The number of nitrogens with zero attached hydrogens (tertiary/aromatic N) is 2. The second-order valence-corrected chi connectivity index (χ2v) is 10.4. The summed E-state index contributed by atoms with van der Waals surface area (Å²) in [6, 6.07) is 9.33. The van der Waals surface area contributed by atoms with Gasteiger partial charge in [-0.25, -0.2) is 0 Å². The first-order valence-corrected chi connectivity index (χ1v) is 12.7. The third-order valence-corrected chi connectivity index (χ3v) is 6.75. The largest absolute Gasteiger partial charge is 0.489 e. The average molecular weight is 525 g/mol. The van der Waals surface area contributed by atoms with Gasteiger partial charge in [0, 0.05) is 32.6 Å². The monoisotopic (exact) mass is 524 g/mol. The summed E-state index contributed by atoms with van der Waals surface area (Å²) >= 11 is 6.46. The first-order chi connectivity index (χ1) is 17.1. The molecular weight excluding hydrogens is 493 g/mol. The molecule has 1 saturated heterocycles. The fraction of sp³-hybridized carbons (Fsp3) is 0.519. The number of carbonyl (C=O) groups is 1. The number of carbonyl (C=O) groups excluding carboxylic acids is 1.